The van der Waals surface area contributed by atoms with E-state index in [1.165, 1.54) is 6.07 Å². The maximum Gasteiger partial charge on any atom is 0.0736 e. The lowest BCUT2D eigenvalue weighted by Gasteiger charge is -2.14. The van der Waals surface area contributed by atoms with Gasteiger partial charge in [-0.15, -0.1) is 0 Å². The van der Waals surface area contributed by atoms with Crippen molar-refractivity contribution in [3.8, 4) is 0 Å². The van der Waals surface area contributed by atoms with E-state index in [9.17, 15) is 9.90 Å². The normalized spacial score (nSPS) is 10.2. The van der Waals surface area contributed by atoms with E-state index < -0.39 is 5.97 Å². The molecular weight excluding hydrogens is 285 g/mol. The van der Waals surface area contributed by atoms with Gasteiger partial charge in [0, 0.05) is 33.4 Å². The van der Waals surface area contributed by atoms with Crippen molar-refractivity contribution in [2.24, 2.45) is 0 Å². The van der Waals surface area contributed by atoms with E-state index in [2.05, 4.69) is 5.32 Å². The summed E-state index contributed by atoms with van der Waals surface area (Å²) < 4.78 is 0. The van der Waals surface area contributed by atoms with E-state index in [0.717, 1.165) is 5.56 Å². The van der Waals surface area contributed by atoms with Crippen LogP contribution in [0.5, 0.6) is 0 Å². The summed E-state index contributed by atoms with van der Waals surface area (Å²) in [6.45, 7) is 0.336. The molecule has 0 amide bonds. The molecule has 2 aromatic rings. The van der Waals surface area contributed by atoms with Crippen LogP contribution in [0.15, 0.2) is 42.5 Å². The number of nitrogens with one attached hydrogen (secondary N) is 1. The van der Waals surface area contributed by atoms with Crippen molar-refractivity contribution in [2.75, 3.05) is 5.32 Å². The highest BCUT2D eigenvalue weighted by Crippen LogP contribution is 2.25. The van der Waals surface area contributed by atoms with Crippen molar-refractivity contribution in [1.82, 2.24) is 0 Å². The molecule has 0 aromatic heterocycles. The number of para-hydroxylation sites is 1. The zero-order valence-electron chi connectivity index (χ0n) is 9.82. The Hall–Kier alpha value is -1.71. The monoisotopic (exact) mass is 294 g/mol. The van der Waals surface area contributed by atoms with E-state index in [-0.39, 0.29) is 5.56 Å². The summed E-state index contributed by atoms with van der Waals surface area (Å²) in [5.41, 5.74) is 1.29. The largest absolute Gasteiger partial charge is 0.545 e. The Bertz CT molecular complexity index is 594. The number of hydrogen-bond donors (Lipinski definition) is 1. The van der Waals surface area contributed by atoms with Gasteiger partial charge in [-0.3, -0.25) is 0 Å². The van der Waals surface area contributed by atoms with Crippen LogP contribution in [-0.2, 0) is 6.54 Å². The number of carboxylic acids is 1. The summed E-state index contributed by atoms with van der Waals surface area (Å²) in [6.07, 6.45) is 0. The number of anilines is 1. The molecule has 0 saturated heterocycles. The average Bonchev–Trinajstić information content (AvgIpc) is 2.38. The third-order valence-electron chi connectivity index (χ3n) is 2.66. The lowest BCUT2D eigenvalue weighted by atomic mass is 10.1. The third-order valence-corrected chi connectivity index (χ3v) is 3.37. The van der Waals surface area contributed by atoms with E-state index >= 15 is 0 Å². The molecule has 0 aliphatic heterocycles. The second-order valence-corrected chi connectivity index (χ2v) is 4.70. The van der Waals surface area contributed by atoms with Crippen LogP contribution < -0.4 is 10.4 Å². The Balaban J connectivity index is 2.22. The molecule has 0 atom stereocenters. The van der Waals surface area contributed by atoms with Crippen LogP contribution in [0, 0.1) is 0 Å². The third kappa shape index (κ3) is 3.19. The van der Waals surface area contributed by atoms with Gasteiger partial charge in [0.2, 0.25) is 0 Å². The second kappa shape index (κ2) is 5.95. The van der Waals surface area contributed by atoms with Gasteiger partial charge in [0.05, 0.1) is 5.97 Å². The summed E-state index contributed by atoms with van der Waals surface area (Å²) in [6, 6.07) is 11.7. The zero-order valence-corrected chi connectivity index (χ0v) is 11.3. The molecule has 0 unspecified atom stereocenters. The molecule has 19 heavy (non-hydrogen) atoms. The summed E-state index contributed by atoms with van der Waals surface area (Å²) in [4.78, 5) is 11.0. The number of rotatable bonds is 4. The van der Waals surface area contributed by atoms with Crippen molar-refractivity contribution in [1.29, 1.82) is 0 Å². The van der Waals surface area contributed by atoms with Crippen LogP contribution in [0.2, 0.25) is 10.0 Å². The quantitative estimate of drug-likeness (QED) is 0.943. The first kappa shape index (κ1) is 13.7. The van der Waals surface area contributed by atoms with Crippen LogP contribution in [0.25, 0.3) is 0 Å². The van der Waals surface area contributed by atoms with Gasteiger partial charge in [0.15, 0.2) is 0 Å². The van der Waals surface area contributed by atoms with Crippen LogP contribution in [-0.4, -0.2) is 5.97 Å². The summed E-state index contributed by atoms with van der Waals surface area (Å²) >= 11 is 12.1. The van der Waals surface area contributed by atoms with Crippen molar-refractivity contribution >= 4 is 34.9 Å². The maximum absolute atomic E-state index is 11.0. The lowest BCUT2D eigenvalue weighted by Crippen LogP contribution is -2.23. The topological polar surface area (TPSA) is 52.2 Å². The van der Waals surface area contributed by atoms with Crippen LogP contribution in [0.3, 0.4) is 0 Å². The molecular formula is C14H10Cl2NO2-. The van der Waals surface area contributed by atoms with Crippen molar-refractivity contribution < 1.29 is 9.90 Å². The highest BCUT2D eigenvalue weighted by atomic mass is 35.5. The van der Waals surface area contributed by atoms with Crippen LogP contribution in [0.4, 0.5) is 5.69 Å². The molecule has 0 saturated carbocycles. The second-order valence-electron chi connectivity index (χ2n) is 3.89. The van der Waals surface area contributed by atoms with Gasteiger partial charge in [0.25, 0.3) is 0 Å². The van der Waals surface area contributed by atoms with Crippen molar-refractivity contribution in [3.05, 3.63) is 63.6 Å². The molecule has 0 bridgehead atoms. The van der Waals surface area contributed by atoms with Crippen molar-refractivity contribution in [3.63, 3.8) is 0 Å². The van der Waals surface area contributed by atoms with Gasteiger partial charge in [-0.25, -0.2) is 0 Å². The highest BCUT2D eigenvalue weighted by molar-refractivity contribution is 6.36. The minimum absolute atomic E-state index is 0.102. The summed E-state index contributed by atoms with van der Waals surface area (Å²) in [5, 5.41) is 15.0. The number of benzene rings is 2. The van der Waals surface area contributed by atoms with Gasteiger partial charge < -0.3 is 15.2 Å². The first-order chi connectivity index (χ1) is 9.09. The van der Waals surface area contributed by atoms with E-state index in [1.54, 1.807) is 36.4 Å². The molecule has 0 fully saturated rings. The number of carboxylic acid groups (broad SMARTS) is 1. The Morgan fingerprint density at radius 2 is 1.68 bits per heavy atom. The van der Waals surface area contributed by atoms with Gasteiger partial charge in [-0.05, 0) is 18.2 Å². The number of carbonyl (C=O) groups is 1. The molecule has 98 valence electrons. The maximum atomic E-state index is 11.0. The molecule has 0 heterocycles. The van der Waals surface area contributed by atoms with Crippen LogP contribution in [0.1, 0.15) is 15.9 Å². The predicted octanol–water partition coefficient (Wildman–Crippen LogP) is 2.97. The first-order valence-electron chi connectivity index (χ1n) is 5.56. The molecule has 0 aliphatic rings. The fraction of sp³-hybridized carbons (Fsp3) is 0.0714. The molecule has 3 nitrogen and oxygen atoms in total. The predicted molar refractivity (Wildman–Crippen MR) is 74.6 cm³/mol. The van der Waals surface area contributed by atoms with Crippen molar-refractivity contribution in [2.45, 2.75) is 6.54 Å². The Morgan fingerprint density at radius 3 is 2.32 bits per heavy atom. The lowest BCUT2D eigenvalue weighted by molar-refractivity contribution is -0.254. The Morgan fingerprint density at radius 1 is 1.05 bits per heavy atom. The minimum Gasteiger partial charge on any atom is -0.545 e. The van der Waals surface area contributed by atoms with Crippen LogP contribution >= 0.6 is 23.2 Å². The Labute approximate surface area is 120 Å². The van der Waals surface area contributed by atoms with Gasteiger partial charge in [-0.1, -0.05) is 47.5 Å². The highest BCUT2D eigenvalue weighted by Gasteiger charge is 2.07. The standard InChI is InChI=1S/C14H11Cl2NO2/c15-11-5-3-6-12(16)10(11)8-17-13-7-2-1-4-9(13)14(18)19/h1-7,17H,8H2,(H,18,19)/p-1. The summed E-state index contributed by atoms with van der Waals surface area (Å²) in [7, 11) is 0. The fourth-order valence-corrected chi connectivity index (χ4v) is 2.23. The van der Waals surface area contributed by atoms with Gasteiger partial charge in [-0.2, -0.15) is 0 Å². The van der Waals surface area contributed by atoms with Gasteiger partial charge in [0.1, 0.15) is 0 Å². The zero-order chi connectivity index (χ0) is 13.8. The first-order valence-corrected chi connectivity index (χ1v) is 6.32. The van der Waals surface area contributed by atoms with E-state index in [1.807, 2.05) is 0 Å². The molecule has 2 aromatic carbocycles. The number of aromatic carboxylic acids is 1. The number of halogens is 2. The summed E-state index contributed by atoms with van der Waals surface area (Å²) in [5.74, 6) is -1.23. The molecule has 0 spiro atoms. The number of hydrogen-bond acceptors (Lipinski definition) is 3. The molecule has 0 aliphatic carbocycles. The minimum atomic E-state index is -1.23. The Kier molecular flexibility index (Phi) is 4.30. The molecule has 5 heteroatoms. The molecule has 1 N–H and O–H groups in total. The number of carbonyl (C=O) groups excluding carboxylic acids is 1. The van der Waals surface area contributed by atoms with E-state index in [4.69, 9.17) is 23.2 Å². The van der Waals surface area contributed by atoms with Gasteiger partial charge >= 0.3 is 0 Å². The smallest absolute Gasteiger partial charge is 0.0736 e. The molecule has 2 rings (SSSR count). The SMILES string of the molecule is O=C([O-])c1ccccc1NCc1c(Cl)cccc1Cl. The van der Waals surface area contributed by atoms with E-state index in [0.29, 0.717) is 22.3 Å². The fourth-order valence-electron chi connectivity index (χ4n) is 1.70. The average molecular weight is 295 g/mol. The molecule has 0 radical (unpaired) electrons.